The zero-order valence-corrected chi connectivity index (χ0v) is 19.7. The maximum atomic E-state index is 12.8. The second-order valence-electron chi connectivity index (χ2n) is 8.54. The Hall–Kier alpha value is -3.81. The van der Waals surface area contributed by atoms with Gasteiger partial charge in [0.1, 0.15) is 11.5 Å². The quantitative estimate of drug-likeness (QED) is 0.402. The molecule has 1 aromatic heterocycles. The number of amides is 2. The summed E-state index contributed by atoms with van der Waals surface area (Å²) in [6, 6.07) is 13.3. The first-order valence-electron chi connectivity index (χ1n) is 11.7. The van der Waals surface area contributed by atoms with Crippen LogP contribution < -0.4 is 15.4 Å². The zero-order chi connectivity index (χ0) is 24.2. The van der Waals surface area contributed by atoms with E-state index in [2.05, 4.69) is 15.7 Å². The van der Waals surface area contributed by atoms with Crippen LogP contribution in [0.25, 0.3) is 11.3 Å². The molecular weight excluding hydrogens is 432 g/mol. The van der Waals surface area contributed by atoms with Gasteiger partial charge >= 0.3 is 6.03 Å². The van der Waals surface area contributed by atoms with Crippen LogP contribution in [0.15, 0.2) is 48.5 Å². The number of nitrogens with one attached hydrogen (secondary N) is 2. The van der Waals surface area contributed by atoms with Crippen molar-refractivity contribution in [2.75, 3.05) is 11.9 Å². The Kier molecular flexibility index (Phi) is 6.86. The molecule has 4 rings (SSSR count). The van der Waals surface area contributed by atoms with Crippen LogP contribution in [0.4, 0.5) is 10.5 Å². The molecule has 1 heterocycles. The summed E-state index contributed by atoms with van der Waals surface area (Å²) in [4.78, 5) is 25.5. The lowest BCUT2D eigenvalue weighted by Crippen LogP contribution is -2.36. The predicted octanol–water partition coefficient (Wildman–Crippen LogP) is 5.14. The summed E-state index contributed by atoms with van der Waals surface area (Å²) in [7, 11) is 0. The summed E-state index contributed by atoms with van der Waals surface area (Å²) in [6.07, 6.45) is 2.83. The van der Waals surface area contributed by atoms with Gasteiger partial charge in [0.15, 0.2) is 0 Å². The molecule has 0 bridgehead atoms. The Morgan fingerprint density at radius 1 is 1.15 bits per heavy atom. The Balaban J connectivity index is 1.58. The molecule has 1 atom stereocenters. The minimum absolute atomic E-state index is 0.0217. The normalized spacial score (nSPS) is 13.9. The van der Waals surface area contributed by atoms with Gasteiger partial charge in [-0.2, -0.15) is 9.78 Å². The summed E-state index contributed by atoms with van der Waals surface area (Å²) < 4.78 is 6.82. The Bertz CT molecular complexity index is 1180. The van der Waals surface area contributed by atoms with Crippen LogP contribution in [-0.2, 0) is 0 Å². The molecular formula is C26H30N4O4. The van der Waals surface area contributed by atoms with E-state index in [0.29, 0.717) is 34.9 Å². The average molecular weight is 463 g/mol. The molecule has 0 saturated heterocycles. The van der Waals surface area contributed by atoms with E-state index in [1.165, 1.54) is 10.7 Å². The summed E-state index contributed by atoms with van der Waals surface area (Å²) in [5.74, 6) is 0.726. The van der Waals surface area contributed by atoms with Gasteiger partial charge in [0.05, 0.1) is 18.0 Å². The molecule has 0 spiro atoms. The number of benzene rings is 2. The molecule has 1 saturated carbocycles. The van der Waals surface area contributed by atoms with Gasteiger partial charge in [-0.25, -0.2) is 4.79 Å². The van der Waals surface area contributed by atoms with E-state index in [0.717, 1.165) is 25.0 Å². The minimum Gasteiger partial charge on any atom is -0.507 e. The third-order valence-corrected chi connectivity index (χ3v) is 5.87. The molecule has 34 heavy (non-hydrogen) atoms. The fourth-order valence-corrected chi connectivity index (χ4v) is 3.63. The number of carbonyl (C=O) groups is 2. The predicted molar refractivity (Wildman–Crippen MR) is 131 cm³/mol. The summed E-state index contributed by atoms with van der Waals surface area (Å²) in [6.45, 7) is 6.41. The van der Waals surface area contributed by atoms with Crippen molar-refractivity contribution in [3.8, 4) is 22.8 Å². The Morgan fingerprint density at radius 3 is 2.53 bits per heavy atom. The van der Waals surface area contributed by atoms with Crippen molar-refractivity contribution in [1.29, 1.82) is 0 Å². The van der Waals surface area contributed by atoms with E-state index >= 15 is 0 Å². The van der Waals surface area contributed by atoms with E-state index in [1.54, 1.807) is 36.4 Å². The van der Waals surface area contributed by atoms with Crippen molar-refractivity contribution in [2.24, 2.45) is 0 Å². The number of hydrogen-bond acceptors (Lipinski definition) is 5. The topological polar surface area (TPSA) is 105 Å². The standard InChI is InChI=1S/C26H30N4O4/c1-4-16(3)27-26(33)30-23(17-6-7-17)15-22(29-30)21-14-19(10-13-24(21)31)28-25(32)18-8-11-20(12-9-18)34-5-2/h8-17,31H,4-7H2,1-3H3,(H,27,33)(H,28,32). The number of phenols is 1. The first kappa shape index (κ1) is 23.4. The first-order valence-corrected chi connectivity index (χ1v) is 11.7. The number of hydrogen-bond donors (Lipinski definition) is 3. The average Bonchev–Trinajstić information content (AvgIpc) is 3.58. The second kappa shape index (κ2) is 9.99. The zero-order valence-electron chi connectivity index (χ0n) is 19.7. The van der Waals surface area contributed by atoms with Crippen molar-refractivity contribution in [1.82, 2.24) is 15.1 Å². The Labute approximate surface area is 198 Å². The van der Waals surface area contributed by atoms with E-state index in [1.807, 2.05) is 26.8 Å². The molecule has 8 nitrogen and oxygen atoms in total. The van der Waals surface area contributed by atoms with Gasteiger partial charge in [-0.15, -0.1) is 0 Å². The van der Waals surface area contributed by atoms with Gasteiger partial charge in [0.2, 0.25) is 0 Å². The third kappa shape index (κ3) is 5.22. The summed E-state index contributed by atoms with van der Waals surface area (Å²) >= 11 is 0. The molecule has 1 aliphatic carbocycles. The van der Waals surface area contributed by atoms with Crippen molar-refractivity contribution >= 4 is 17.6 Å². The van der Waals surface area contributed by atoms with Gasteiger partial charge < -0.3 is 20.5 Å². The SMILES string of the molecule is CCOc1ccc(C(=O)Nc2ccc(O)c(-c3cc(C4CC4)n(C(=O)NC(C)CC)n3)c2)cc1. The fraction of sp³-hybridized carbons (Fsp3) is 0.346. The molecule has 2 aromatic carbocycles. The molecule has 3 aromatic rings. The van der Waals surface area contributed by atoms with E-state index in [4.69, 9.17) is 4.74 Å². The molecule has 0 aliphatic heterocycles. The maximum Gasteiger partial charge on any atom is 0.342 e. The third-order valence-electron chi connectivity index (χ3n) is 5.87. The van der Waals surface area contributed by atoms with Crippen molar-refractivity contribution in [3.63, 3.8) is 0 Å². The minimum atomic E-state index is -0.281. The number of aromatic hydroxyl groups is 1. The van der Waals surface area contributed by atoms with Crippen LogP contribution in [0.3, 0.4) is 0 Å². The maximum absolute atomic E-state index is 12.8. The summed E-state index contributed by atoms with van der Waals surface area (Å²) in [5.41, 5.74) is 2.76. The van der Waals surface area contributed by atoms with Crippen molar-refractivity contribution in [3.05, 3.63) is 59.8 Å². The summed E-state index contributed by atoms with van der Waals surface area (Å²) in [5, 5.41) is 20.8. The van der Waals surface area contributed by atoms with Crippen LogP contribution in [0.2, 0.25) is 0 Å². The Morgan fingerprint density at radius 2 is 1.88 bits per heavy atom. The van der Waals surface area contributed by atoms with Gasteiger partial charge in [0, 0.05) is 28.8 Å². The monoisotopic (exact) mass is 462 g/mol. The molecule has 1 aliphatic rings. The van der Waals surface area contributed by atoms with Gasteiger partial charge in [0.25, 0.3) is 5.91 Å². The molecule has 3 N–H and O–H groups in total. The lowest BCUT2D eigenvalue weighted by atomic mass is 10.1. The number of aromatic nitrogens is 2. The van der Waals surface area contributed by atoms with Crippen LogP contribution in [-0.4, -0.2) is 39.5 Å². The number of nitrogens with zero attached hydrogens (tertiary/aromatic N) is 2. The van der Waals surface area contributed by atoms with Crippen LogP contribution >= 0.6 is 0 Å². The number of carbonyl (C=O) groups excluding carboxylic acids is 2. The highest BCUT2D eigenvalue weighted by atomic mass is 16.5. The largest absolute Gasteiger partial charge is 0.507 e. The van der Waals surface area contributed by atoms with E-state index < -0.39 is 0 Å². The van der Waals surface area contributed by atoms with Crippen LogP contribution in [0.1, 0.15) is 62.0 Å². The highest BCUT2D eigenvalue weighted by molar-refractivity contribution is 6.04. The van der Waals surface area contributed by atoms with E-state index in [9.17, 15) is 14.7 Å². The lowest BCUT2D eigenvalue weighted by molar-refractivity contribution is 0.102. The van der Waals surface area contributed by atoms with Gasteiger partial charge in [-0.3, -0.25) is 4.79 Å². The second-order valence-corrected chi connectivity index (χ2v) is 8.54. The van der Waals surface area contributed by atoms with Gasteiger partial charge in [-0.1, -0.05) is 6.92 Å². The molecule has 8 heteroatoms. The number of rotatable bonds is 8. The number of anilines is 1. The highest BCUT2D eigenvalue weighted by Gasteiger charge is 2.31. The molecule has 1 unspecified atom stereocenters. The highest BCUT2D eigenvalue weighted by Crippen LogP contribution is 2.42. The van der Waals surface area contributed by atoms with Crippen LogP contribution in [0.5, 0.6) is 11.5 Å². The van der Waals surface area contributed by atoms with E-state index in [-0.39, 0.29) is 29.6 Å². The van der Waals surface area contributed by atoms with Gasteiger partial charge in [-0.05, 0) is 81.6 Å². The van der Waals surface area contributed by atoms with Crippen molar-refractivity contribution < 1.29 is 19.4 Å². The fourth-order valence-electron chi connectivity index (χ4n) is 3.63. The first-order chi connectivity index (χ1) is 16.4. The molecule has 178 valence electrons. The van der Waals surface area contributed by atoms with Crippen LogP contribution in [0, 0.1) is 0 Å². The lowest BCUT2D eigenvalue weighted by Gasteiger charge is -2.12. The number of ether oxygens (including phenoxy) is 1. The molecule has 2 amide bonds. The molecule has 0 radical (unpaired) electrons. The number of phenolic OH excluding ortho intramolecular Hbond substituents is 1. The molecule has 1 fully saturated rings. The van der Waals surface area contributed by atoms with Crippen molar-refractivity contribution in [2.45, 2.75) is 52.0 Å². The smallest absolute Gasteiger partial charge is 0.342 e.